The van der Waals surface area contributed by atoms with Crippen LogP contribution in [0.2, 0.25) is 0 Å². The Kier molecular flexibility index (Phi) is 4.42. The third kappa shape index (κ3) is 3.32. The van der Waals surface area contributed by atoms with E-state index in [4.69, 9.17) is 9.47 Å². The lowest BCUT2D eigenvalue weighted by molar-refractivity contribution is 0.0529. The molecule has 136 valence electrons. The number of nitrogens with one attached hydrogen (secondary N) is 1. The maximum absolute atomic E-state index is 5.71. The molecule has 1 N–H and O–H groups in total. The van der Waals surface area contributed by atoms with Gasteiger partial charge < -0.3 is 14.4 Å². The highest BCUT2D eigenvalue weighted by atomic mass is 16.5. The van der Waals surface area contributed by atoms with Crippen LogP contribution in [0.15, 0.2) is 24.7 Å². The Hall–Kier alpha value is -2.74. The number of morpholine rings is 1. The molecule has 4 heterocycles. The molecule has 0 radical (unpaired) electrons. The van der Waals surface area contributed by atoms with E-state index < -0.39 is 0 Å². The van der Waals surface area contributed by atoms with Gasteiger partial charge >= 0.3 is 0 Å². The molecule has 1 saturated heterocycles. The van der Waals surface area contributed by atoms with Crippen molar-refractivity contribution >= 4 is 16.7 Å². The number of hydrogen-bond acceptors (Lipinski definition) is 7. The molecule has 8 heteroatoms. The summed E-state index contributed by atoms with van der Waals surface area (Å²) >= 11 is 0. The zero-order valence-corrected chi connectivity index (χ0v) is 15.1. The molecule has 1 fully saturated rings. The van der Waals surface area contributed by atoms with E-state index in [0.29, 0.717) is 12.5 Å². The highest BCUT2D eigenvalue weighted by Gasteiger charge is 2.19. The Labute approximate surface area is 151 Å². The van der Waals surface area contributed by atoms with Crippen molar-refractivity contribution < 1.29 is 9.47 Å². The minimum Gasteiger partial charge on any atom is -0.475 e. The third-order valence-electron chi connectivity index (χ3n) is 4.24. The number of rotatable bonds is 4. The average molecular weight is 354 g/mol. The first-order valence-corrected chi connectivity index (χ1v) is 8.80. The normalized spacial score (nSPS) is 17.8. The second-order valence-corrected chi connectivity index (χ2v) is 6.70. The second-order valence-electron chi connectivity index (χ2n) is 6.70. The van der Waals surface area contributed by atoms with E-state index in [9.17, 15) is 0 Å². The molecular weight excluding hydrogens is 332 g/mol. The zero-order chi connectivity index (χ0) is 18.1. The first-order valence-electron chi connectivity index (χ1n) is 8.80. The molecule has 26 heavy (non-hydrogen) atoms. The summed E-state index contributed by atoms with van der Waals surface area (Å²) in [6, 6.07) is 3.86. The molecule has 0 aliphatic carbocycles. The lowest BCUT2D eigenvalue weighted by Gasteiger charge is -2.31. The fraction of sp³-hybridized carbons (Fsp3) is 0.444. The van der Waals surface area contributed by atoms with Crippen LogP contribution in [0.5, 0.6) is 5.88 Å². The standard InChI is InChI=1S/C18H22N6O2/c1-11(2)26-17-6-13-15(8-19-17)22-23-18(13)14-7-16(21-10-20-14)24-4-5-25-12(3)9-24/h6-8,10-12H,4-5,9H2,1-3H3,(H,22,23)/t12-/m0/s1. The van der Waals surface area contributed by atoms with Gasteiger partial charge in [0.25, 0.3) is 0 Å². The Morgan fingerprint density at radius 1 is 1.27 bits per heavy atom. The smallest absolute Gasteiger partial charge is 0.214 e. The first kappa shape index (κ1) is 16.7. The number of fused-ring (bicyclic) bond motifs is 1. The van der Waals surface area contributed by atoms with Crippen molar-refractivity contribution in [3.8, 4) is 17.3 Å². The summed E-state index contributed by atoms with van der Waals surface area (Å²) in [7, 11) is 0. The molecular formula is C18H22N6O2. The van der Waals surface area contributed by atoms with Gasteiger partial charge in [-0.3, -0.25) is 5.10 Å². The summed E-state index contributed by atoms with van der Waals surface area (Å²) in [5, 5.41) is 8.37. The number of anilines is 1. The van der Waals surface area contributed by atoms with E-state index in [1.165, 1.54) is 0 Å². The van der Waals surface area contributed by atoms with Gasteiger partial charge in [0.2, 0.25) is 5.88 Å². The van der Waals surface area contributed by atoms with Gasteiger partial charge in [-0.25, -0.2) is 15.0 Å². The summed E-state index contributed by atoms with van der Waals surface area (Å²) < 4.78 is 11.3. The van der Waals surface area contributed by atoms with E-state index in [1.54, 1.807) is 12.5 Å². The monoisotopic (exact) mass is 354 g/mol. The molecule has 3 aromatic rings. The average Bonchev–Trinajstić information content (AvgIpc) is 3.04. The molecule has 3 aromatic heterocycles. The Balaban J connectivity index is 1.70. The molecule has 4 rings (SSSR count). The molecule has 8 nitrogen and oxygen atoms in total. The highest BCUT2D eigenvalue weighted by Crippen LogP contribution is 2.28. The fourth-order valence-corrected chi connectivity index (χ4v) is 3.07. The lowest BCUT2D eigenvalue weighted by atomic mass is 10.2. The summed E-state index contributed by atoms with van der Waals surface area (Å²) in [6.07, 6.45) is 3.56. The number of aromatic nitrogens is 5. The molecule has 1 atom stereocenters. The highest BCUT2D eigenvalue weighted by molar-refractivity contribution is 5.92. The predicted octanol–water partition coefficient (Wildman–Crippen LogP) is 2.43. The maximum Gasteiger partial charge on any atom is 0.214 e. The Morgan fingerprint density at radius 3 is 2.96 bits per heavy atom. The number of aromatic amines is 1. The van der Waals surface area contributed by atoms with Gasteiger partial charge in [-0.15, -0.1) is 0 Å². The SMILES string of the molecule is CC(C)Oc1cc2c(-c3cc(N4CCO[C@@H](C)C4)ncn3)n[nH]c2cn1. The molecule has 0 amide bonds. The van der Waals surface area contributed by atoms with Crippen molar-refractivity contribution in [1.29, 1.82) is 0 Å². The van der Waals surface area contributed by atoms with Crippen molar-refractivity contribution in [3.63, 3.8) is 0 Å². The van der Waals surface area contributed by atoms with Gasteiger partial charge in [0.05, 0.1) is 36.2 Å². The topological polar surface area (TPSA) is 89.0 Å². The molecule has 0 spiro atoms. The van der Waals surface area contributed by atoms with Crippen LogP contribution in [0.1, 0.15) is 20.8 Å². The van der Waals surface area contributed by atoms with Gasteiger partial charge in [-0.2, -0.15) is 5.10 Å². The number of nitrogens with zero attached hydrogens (tertiary/aromatic N) is 5. The van der Waals surface area contributed by atoms with Crippen LogP contribution in [0.25, 0.3) is 22.3 Å². The Bertz CT molecular complexity index is 910. The van der Waals surface area contributed by atoms with Crippen LogP contribution in [-0.4, -0.2) is 57.1 Å². The van der Waals surface area contributed by atoms with Crippen molar-refractivity contribution in [3.05, 3.63) is 24.7 Å². The lowest BCUT2D eigenvalue weighted by Crippen LogP contribution is -2.41. The Morgan fingerprint density at radius 2 is 2.15 bits per heavy atom. The summed E-state index contributed by atoms with van der Waals surface area (Å²) in [5.74, 6) is 1.46. The minimum absolute atomic E-state index is 0.0595. The fourth-order valence-electron chi connectivity index (χ4n) is 3.07. The van der Waals surface area contributed by atoms with Crippen molar-refractivity contribution in [2.24, 2.45) is 0 Å². The molecule has 1 aliphatic rings. The number of H-pyrrole nitrogens is 1. The van der Waals surface area contributed by atoms with Crippen molar-refractivity contribution in [1.82, 2.24) is 25.1 Å². The molecule has 0 aromatic carbocycles. The van der Waals surface area contributed by atoms with Crippen LogP contribution < -0.4 is 9.64 Å². The van der Waals surface area contributed by atoms with Gasteiger partial charge in [0.15, 0.2) is 0 Å². The van der Waals surface area contributed by atoms with E-state index in [1.807, 2.05) is 26.0 Å². The number of hydrogen-bond donors (Lipinski definition) is 1. The second kappa shape index (κ2) is 6.87. The zero-order valence-electron chi connectivity index (χ0n) is 15.1. The largest absolute Gasteiger partial charge is 0.475 e. The summed E-state index contributed by atoms with van der Waals surface area (Å²) in [4.78, 5) is 15.4. The van der Waals surface area contributed by atoms with Crippen LogP contribution in [0.3, 0.4) is 0 Å². The molecule has 1 aliphatic heterocycles. The first-order chi connectivity index (χ1) is 12.6. The quantitative estimate of drug-likeness (QED) is 0.769. The predicted molar refractivity (Wildman–Crippen MR) is 98.3 cm³/mol. The van der Waals surface area contributed by atoms with Crippen molar-refractivity contribution in [2.45, 2.75) is 33.0 Å². The van der Waals surface area contributed by atoms with Crippen molar-refractivity contribution in [2.75, 3.05) is 24.6 Å². The molecule has 0 saturated carbocycles. The van der Waals surface area contributed by atoms with Gasteiger partial charge in [-0.1, -0.05) is 0 Å². The molecule has 0 bridgehead atoms. The third-order valence-corrected chi connectivity index (χ3v) is 4.24. The maximum atomic E-state index is 5.71. The summed E-state index contributed by atoms with van der Waals surface area (Å²) in [5.41, 5.74) is 2.37. The van der Waals surface area contributed by atoms with Gasteiger partial charge in [0, 0.05) is 30.6 Å². The van der Waals surface area contributed by atoms with Crippen LogP contribution in [0, 0.1) is 0 Å². The van der Waals surface area contributed by atoms with Gasteiger partial charge in [-0.05, 0) is 20.8 Å². The van der Waals surface area contributed by atoms with Gasteiger partial charge in [0.1, 0.15) is 17.8 Å². The summed E-state index contributed by atoms with van der Waals surface area (Å²) in [6.45, 7) is 8.35. The van der Waals surface area contributed by atoms with Crippen LogP contribution >= 0.6 is 0 Å². The van der Waals surface area contributed by atoms with E-state index >= 15 is 0 Å². The number of ether oxygens (including phenoxy) is 2. The van der Waals surface area contributed by atoms with E-state index in [0.717, 1.165) is 41.2 Å². The van der Waals surface area contributed by atoms with E-state index in [2.05, 4.69) is 37.0 Å². The number of pyridine rings is 1. The van der Waals surface area contributed by atoms with Crippen LogP contribution in [0.4, 0.5) is 5.82 Å². The minimum atomic E-state index is 0.0595. The van der Waals surface area contributed by atoms with Crippen LogP contribution in [-0.2, 0) is 4.74 Å². The molecule has 0 unspecified atom stereocenters. The van der Waals surface area contributed by atoms with E-state index in [-0.39, 0.29) is 12.2 Å².